The van der Waals surface area contributed by atoms with Gasteiger partial charge >= 0.3 is 0 Å². The predicted octanol–water partition coefficient (Wildman–Crippen LogP) is 5.09. The molecule has 0 saturated heterocycles. The number of amides is 1. The molecular formula is C25H24N2O. The monoisotopic (exact) mass is 368 g/mol. The summed E-state index contributed by atoms with van der Waals surface area (Å²) >= 11 is 0. The van der Waals surface area contributed by atoms with E-state index in [2.05, 4.69) is 46.7 Å². The normalized spacial score (nSPS) is 28.6. The number of carbonyl (C=O) groups is 1. The van der Waals surface area contributed by atoms with Crippen LogP contribution in [0.3, 0.4) is 0 Å². The minimum Gasteiger partial charge on any atom is -0.370 e. The molecule has 1 amide bonds. The molecule has 0 radical (unpaired) electrons. The lowest BCUT2D eigenvalue weighted by Crippen LogP contribution is -2.43. The Morgan fingerprint density at radius 2 is 1.50 bits per heavy atom. The van der Waals surface area contributed by atoms with Crippen LogP contribution in [0, 0.1) is 11.8 Å². The Morgan fingerprint density at radius 3 is 2.11 bits per heavy atom. The Balaban J connectivity index is 1.47. The topological polar surface area (TPSA) is 32.3 Å². The van der Waals surface area contributed by atoms with Crippen LogP contribution in [0.1, 0.15) is 46.2 Å². The van der Waals surface area contributed by atoms with Crippen molar-refractivity contribution < 1.29 is 4.79 Å². The van der Waals surface area contributed by atoms with Gasteiger partial charge in [0.05, 0.1) is 0 Å². The van der Waals surface area contributed by atoms with Gasteiger partial charge < -0.3 is 10.2 Å². The standard InChI is InChI=1S/C25H24N2O/c28-25(26-19-8-2-1-3-9-19)18-12-22-20-10-4-6-16(20)14-27-15-17-7-5-11-21(17)23(13-18)24(22)27/h1-5,8-13,16-17,20-21H,6-7,14-15H2,(H,26,28)/t16-,17-,20+,21+/m0/s1. The average Bonchev–Trinajstić information content (AvgIpc) is 3.38. The SMILES string of the molecule is O=C(Nc1ccccc1)c1cc2c3c(c1)[C@@H]1C=CC[C@H]1CN3C[C@@H]1CC=C[C@@H]21. The number of carbonyl (C=O) groups excluding carboxylic acids is 1. The molecule has 2 aliphatic heterocycles. The first-order chi connectivity index (χ1) is 13.8. The molecule has 0 spiro atoms. The number of nitrogens with one attached hydrogen (secondary N) is 1. The molecular weight excluding hydrogens is 344 g/mol. The lowest BCUT2D eigenvalue weighted by molar-refractivity contribution is 0.102. The molecule has 0 aromatic heterocycles. The number of benzene rings is 2. The number of rotatable bonds is 2. The maximum Gasteiger partial charge on any atom is 0.255 e. The van der Waals surface area contributed by atoms with Crippen LogP contribution in [-0.4, -0.2) is 19.0 Å². The second kappa shape index (κ2) is 6.10. The van der Waals surface area contributed by atoms with E-state index in [1.54, 1.807) is 0 Å². The van der Waals surface area contributed by atoms with Gasteiger partial charge in [-0.3, -0.25) is 4.79 Å². The third kappa shape index (κ3) is 2.39. The Hall–Kier alpha value is -2.81. The highest BCUT2D eigenvalue weighted by Gasteiger charge is 2.42. The van der Waals surface area contributed by atoms with E-state index in [9.17, 15) is 4.79 Å². The average molecular weight is 368 g/mol. The Kier molecular flexibility index (Phi) is 3.52. The first-order valence-electron chi connectivity index (χ1n) is 10.4. The maximum atomic E-state index is 13.1. The van der Waals surface area contributed by atoms with E-state index < -0.39 is 0 Å². The van der Waals surface area contributed by atoms with Gasteiger partial charge in [0.2, 0.25) is 0 Å². The number of allylic oxidation sites excluding steroid dienone is 4. The van der Waals surface area contributed by atoms with Crippen molar-refractivity contribution in [3.8, 4) is 0 Å². The fourth-order valence-corrected chi connectivity index (χ4v) is 5.73. The fourth-order valence-electron chi connectivity index (χ4n) is 5.73. The quantitative estimate of drug-likeness (QED) is 0.749. The molecule has 2 aromatic rings. The van der Waals surface area contributed by atoms with E-state index in [-0.39, 0.29) is 5.91 Å². The zero-order chi connectivity index (χ0) is 18.7. The van der Waals surface area contributed by atoms with Crippen LogP contribution in [0.2, 0.25) is 0 Å². The molecule has 28 heavy (non-hydrogen) atoms. The second-order valence-corrected chi connectivity index (χ2v) is 8.63. The molecule has 0 fully saturated rings. The third-order valence-electron chi connectivity index (χ3n) is 6.99. The molecule has 140 valence electrons. The molecule has 3 nitrogen and oxygen atoms in total. The van der Waals surface area contributed by atoms with Gasteiger partial charge in [-0.2, -0.15) is 0 Å². The van der Waals surface area contributed by atoms with Gasteiger partial charge in [0.25, 0.3) is 5.91 Å². The van der Waals surface area contributed by atoms with Gasteiger partial charge in [0.15, 0.2) is 0 Å². The van der Waals surface area contributed by atoms with E-state index in [1.165, 1.54) is 16.8 Å². The Labute approximate surface area is 165 Å². The molecule has 1 N–H and O–H groups in total. The number of nitrogens with zero attached hydrogens (tertiary/aromatic N) is 1. The third-order valence-corrected chi connectivity index (χ3v) is 6.99. The lowest BCUT2D eigenvalue weighted by atomic mass is 9.74. The first kappa shape index (κ1) is 16.2. The largest absolute Gasteiger partial charge is 0.370 e. The molecule has 2 heterocycles. The highest BCUT2D eigenvalue weighted by atomic mass is 16.1. The van der Waals surface area contributed by atoms with Crippen molar-refractivity contribution in [3.05, 3.63) is 83.5 Å². The van der Waals surface area contributed by atoms with Crippen LogP contribution in [0.15, 0.2) is 66.8 Å². The van der Waals surface area contributed by atoms with Crippen LogP contribution in [0.5, 0.6) is 0 Å². The number of fused-ring (bicyclic) bond motifs is 4. The summed E-state index contributed by atoms with van der Waals surface area (Å²) in [5.74, 6) is 2.20. The van der Waals surface area contributed by atoms with Crippen molar-refractivity contribution in [1.82, 2.24) is 0 Å². The zero-order valence-corrected chi connectivity index (χ0v) is 15.8. The summed E-state index contributed by atoms with van der Waals surface area (Å²) in [5.41, 5.74) is 5.77. The first-order valence-corrected chi connectivity index (χ1v) is 10.4. The molecule has 2 aliphatic carbocycles. The zero-order valence-electron chi connectivity index (χ0n) is 15.8. The summed E-state index contributed by atoms with van der Waals surface area (Å²) in [6, 6.07) is 14.1. The summed E-state index contributed by atoms with van der Waals surface area (Å²) in [5, 5.41) is 3.08. The molecule has 6 rings (SSSR count). The Bertz CT molecular complexity index is 955. The lowest BCUT2D eigenvalue weighted by Gasteiger charge is -2.46. The van der Waals surface area contributed by atoms with Gasteiger partial charge in [-0.25, -0.2) is 0 Å². The van der Waals surface area contributed by atoms with Gasteiger partial charge in [-0.1, -0.05) is 42.5 Å². The van der Waals surface area contributed by atoms with Crippen molar-refractivity contribution in [1.29, 1.82) is 0 Å². The molecule has 0 saturated carbocycles. The van der Waals surface area contributed by atoms with Crippen LogP contribution >= 0.6 is 0 Å². The fraction of sp³-hybridized carbons (Fsp3) is 0.320. The van der Waals surface area contributed by atoms with E-state index >= 15 is 0 Å². The summed E-state index contributed by atoms with van der Waals surface area (Å²) in [4.78, 5) is 15.7. The van der Waals surface area contributed by atoms with Crippen LogP contribution < -0.4 is 10.2 Å². The smallest absolute Gasteiger partial charge is 0.255 e. The molecule has 4 aliphatic rings. The van der Waals surface area contributed by atoms with Crippen molar-refractivity contribution in [2.24, 2.45) is 11.8 Å². The maximum absolute atomic E-state index is 13.1. The van der Waals surface area contributed by atoms with Gasteiger partial charge in [-0.05, 0) is 60.1 Å². The van der Waals surface area contributed by atoms with Crippen LogP contribution in [-0.2, 0) is 0 Å². The molecule has 2 aromatic carbocycles. The summed E-state index contributed by atoms with van der Waals surface area (Å²) in [6.45, 7) is 2.30. The molecule has 0 bridgehead atoms. The summed E-state index contributed by atoms with van der Waals surface area (Å²) in [7, 11) is 0. The van der Waals surface area contributed by atoms with Crippen molar-refractivity contribution in [2.75, 3.05) is 23.3 Å². The number of hydrogen-bond acceptors (Lipinski definition) is 2. The minimum absolute atomic E-state index is 0.00926. The second-order valence-electron chi connectivity index (χ2n) is 8.63. The van der Waals surface area contributed by atoms with E-state index in [0.29, 0.717) is 23.7 Å². The van der Waals surface area contributed by atoms with Crippen LogP contribution in [0.25, 0.3) is 0 Å². The van der Waals surface area contributed by atoms with Crippen molar-refractivity contribution >= 4 is 17.3 Å². The van der Waals surface area contributed by atoms with E-state index in [1.807, 2.05) is 30.3 Å². The van der Waals surface area contributed by atoms with Gasteiger partial charge in [0.1, 0.15) is 0 Å². The highest BCUT2D eigenvalue weighted by Crippen LogP contribution is 2.53. The predicted molar refractivity (Wildman–Crippen MR) is 113 cm³/mol. The van der Waals surface area contributed by atoms with Crippen molar-refractivity contribution in [2.45, 2.75) is 24.7 Å². The molecule has 3 heteroatoms. The highest BCUT2D eigenvalue weighted by molar-refractivity contribution is 6.05. The summed E-state index contributed by atoms with van der Waals surface area (Å²) in [6.07, 6.45) is 11.7. The van der Waals surface area contributed by atoms with Gasteiger partial charge in [-0.15, -0.1) is 0 Å². The van der Waals surface area contributed by atoms with Crippen LogP contribution in [0.4, 0.5) is 11.4 Å². The minimum atomic E-state index is -0.00926. The summed E-state index contributed by atoms with van der Waals surface area (Å²) < 4.78 is 0. The molecule has 0 unspecified atom stereocenters. The number of anilines is 2. The number of hydrogen-bond donors (Lipinski definition) is 1. The molecule has 4 atom stereocenters. The van der Waals surface area contributed by atoms with Gasteiger partial charge in [0, 0.05) is 41.9 Å². The van der Waals surface area contributed by atoms with Crippen molar-refractivity contribution in [3.63, 3.8) is 0 Å². The van der Waals surface area contributed by atoms with E-state index in [4.69, 9.17) is 0 Å². The Morgan fingerprint density at radius 1 is 0.893 bits per heavy atom. The van der Waals surface area contributed by atoms with E-state index in [0.717, 1.165) is 37.2 Å². The number of para-hydroxylation sites is 1.